The zero-order chi connectivity index (χ0) is 22.6. The Hall–Kier alpha value is -2.17. The number of ether oxygens (including phenoxy) is 1. The number of aromatic amines is 1. The molecule has 0 radical (unpaired) electrons. The molecule has 7 nitrogen and oxygen atoms in total. The molecule has 3 aromatic rings. The minimum atomic E-state index is -0.537. The maximum Gasteiger partial charge on any atom is 0.271 e. The van der Waals surface area contributed by atoms with Gasteiger partial charge < -0.3 is 19.5 Å². The molecule has 0 unspecified atom stereocenters. The molecule has 2 aliphatic rings. The standard InChI is InChI=1S/C22H26F2N4O3S.ClH/c1-11(25-7-6-23)12-5-8-27(10-12)18-15(24)9-14-17(20(18)31-2)28(13-3-4-13)22-16(19(14)29)21(30)26-32-22;/h9,11-13,25H,3-8,10H2,1-2H3,(H,26,30);1H/t11-,12+;/m0./s1. The van der Waals surface area contributed by atoms with E-state index in [-0.39, 0.29) is 41.2 Å². The number of rotatable bonds is 7. The lowest BCUT2D eigenvalue weighted by Gasteiger charge is -2.26. The fourth-order valence-electron chi connectivity index (χ4n) is 4.94. The van der Waals surface area contributed by atoms with Gasteiger partial charge in [-0.25, -0.2) is 8.78 Å². The Morgan fingerprint density at radius 1 is 1.33 bits per heavy atom. The van der Waals surface area contributed by atoms with E-state index in [9.17, 15) is 14.0 Å². The van der Waals surface area contributed by atoms with Crippen LogP contribution in [0.3, 0.4) is 0 Å². The van der Waals surface area contributed by atoms with E-state index >= 15 is 4.39 Å². The maximum absolute atomic E-state index is 15.5. The van der Waals surface area contributed by atoms with Crippen LogP contribution in [-0.2, 0) is 0 Å². The molecule has 5 rings (SSSR count). The molecule has 2 N–H and O–H groups in total. The summed E-state index contributed by atoms with van der Waals surface area (Å²) in [5, 5.41) is 3.43. The van der Waals surface area contributed by atoms with E-state index < -0.39 is 23.5 Å². The number of nitrogens with zero attached hydrogens (tertiary/aromatic N) is 2. The summed E-state index contributed by atoms with van der Waals surface area (Å²) in [5.74, 6) is 0.0333. The van der Waals surface area contributed by atoms with Crippen molar-refractivity contribution in [2.24, 2.45) is 5.92 Å². The van der Waals surface area contributed by atoms with Gasteiger partial charge in [0.25, 0.3) is 5.56 Å². The SMILES string of the molecule is COc1c(N2CC[C@@H]([C@H](C)NCCF)C2)c(F)cc2c(=O)c3c(=O)[nH]sc3n(C3CC3)c12.Cl. The first-order valence-electron chi connectivity index (χ1n) is 11.0. The number of anilines is 1. The number of aromatic nitrogens is 2. The van der Waals surface area contributed by atoms with Crippen LogP contribution in [0.4, 0.5) is 14.5 Å². The average molecular weight is 501 g/mol. The van der Waals surface area contributed by atoms with Crippen LogP contribution >= 0.6 is 23.9 Å². The van der Waals surface area contributed by atoms with Crippen LogP contribution in [0.15, 0.2) is 15.7 Å². The Kier molecular flexibility index (Phi) is 6.70. The third-order valence-electron chi connectivity index (χ3n) is 6.72. The van der Waals surface area contributed by atoms with Gasteiger partial charge >= 0.3 is 0 Å². The number of hydrogen-bond donors (Lipinski definition) is 2. The highest BCUT2D eigenvalue weighted by Gasteiger charge is 2.35. The van der Waals surface area contributed by atoms with Gasteiger partial charge in [-0.3, -0.25) is 14.0 Å². The summed E-state index contributed by atoms with van der Waals surface area (Å²) in [6, 6.07) is 1.51. The van der Waals surface area contributed by atoms with Crippen LogP contribution in [0, 0.1) is 11.7 Å². The number of pyridine rings is 1. The Balaban J connectivity index is 0.00000259. The van der Waals surface area contributed by atoms with Crippen LogP contribution in [0.1, 0.15) is 32.2 Å². The second-order valence-electron chi connectivity index (χ2n) is 8.71. The first-order chi connectivity index (χ1) is 15.5. The molecule has 180 valence electrons. The first-order valence-corrected chi connectivity index (χ1v) is 11.8. The van der Waals surface area contributed by atoms with E-state index in [2.05, 4.69) is 9.69 Å². The molecule has 1 aromatic carbocycles. The molecule has 0 amide bonds. The zero-order valence-electron chi connectivity index (χ0n) is 18.5. The second kappa shape index (κ2) is 9.23. The lowest BCUT2D eigenvalue weighted by atomic mass is 10.0. The summed E-state index contributed by atoms with van der Waals surface area (Å²) < 4.78 is 38.4. The van der Waals surface area contributed by atoms with Crippen LogP contribution in [0.2, 0.25) is 0 Å². The molecule has 1 aliphatic carbocycles. The predicted molar refractivity (Wildman–Crippen MR) is 130 cm³/mol. The number of fused-ring (bicyclic) bond motifs is 2. The number of nitrogens with one attached hydrogen (secondary N) is 2. The van der Waals surface area contributed by atoms with E-state index in [1.807, 2.05) is 16.4 Å². The third-order valence-corrected chi connectivity index (χ3v) is 7.60. The Labute approximate surface area is 199 Å². The van der Waals surface area contributed by atoms with Crippen molar-refractivity contribution in [1.29, 1.82) is 0 Å². The number of alkyl halides is 1. The van der Waals surface area contributed by atoms with Gasteiger partial charge in [-0.15, -0.1) is 12.4 Å². The Morgan fingerprint density at radius 3 is 2.76 bits per heavy atom. The second-order valence-corrected chi connectivity index (χ2v) is 9.50. The molecule has 2 fully saturated rings. The molecule has 0 bridgehead atoms. The van der Waals surface area contributed by atoms with Crippen molar-refractivity contribution in [2.45, 2.75) is 38.3 Å². The smallest absolute Gasteiger partial charge is 0.271 e. The highest BCUT2D eigenvalue weighted by molar-refractivity contribution is 7.12. The minimum absolute atomic E-state index is 0. The van der Waals surface area contributed by atoms with Gasteiger partial charge in [-0.2, -0.15) is 0 Å². The first kappa shape index (κ1) is 24.0. The van der Waals surface area contributed by atoms with Crippen molar-refractivity contribution in [3.63, 3.8) is 0 Å². The monoisotopic (exact) mass is 500 g/mol. The number of H-pyrrole nitrogens is 1. The van der Waals surface area contributed by atoms with Crippen molar-refractivity contribution >= 4 is 50.7 Å². The van der Waals surface area contributed by atoms with Gasteiger partial charge in [-0.05, 0) is 49.7 Å². The maximum atomic E-state index is 15.5. The minimum Gasteiger partial charge on any atom is -0.492 e. The third kappa shape index (κ3) is 3.91. The quantitative estimate of drug-likeness (QED) is 0.518. The summed E-state index contributed by atoms with van der Waals surface area (Å²) in [6.45, 7) is 3.14. The van der Waals surface area contributed by atoms with Gasteiger partial charge in [0.1, 0.15) is 22.6 Å². The van der Waals surface area contributed by atoms with Crippen LogP contribution in [0.5, 0.6) is 5.75 Å². The molecule has 0 spiro atoms. The molecule has 11 heteroatoms. The van der Waals surface area contributed by atoms with Crippen LogP contribution in [0.25, 0.3) is 21.1 Å². The van der Waals surface area contributed by atoms with E-state index in [0.717, 1.165) is 30.8 Å². The number of methoxy groups -OCH3 is 1. The molecule has 1 aliphatic heterocycles. The van der Waals surface area contributed by atoms with Gasteiger partial charge in [0.15, 0.2) is 11.6 Å². The predicted octanol–water partition coefficient (Wildman–Crippen LogP) is 3.58. The fraction of sp³-hybridized carbons (Fsp3) is 0.545. The van der Waals surface area contributed by atoms with E-state index in [1.165, 1.54) is 13.2 Å². The van der Waals surface area contributed by atoms with Crippen molar-refractivity contribution in [3.05, 3.63) is 32.5 Å². The summed E-state index contributed by atoms with van der Waals surface area (Å²) in [7, 11) is 1.49. The van der Waals surface area contributed by atoms with Gasteiger partial charge in [-0.1, -0.05) is 0 Å². The highest BCUT2D eigenvalue weighted by atomic mass is 35.5. The summed E-state index contributed by atoms with van der Waals surface area (Å²) in [5.41, 5.74) is -0.0178. The van der Waals surface area contributed by atoms with Gasteiger partial charge in [0, 0.05) is 31.7 Å². The topological polar surface area (TPSA) is 79.4 Å². The van der Waals surface area contributed by atoms with Gasteiger partial charge in [0.05, 0.1) is 18.0 Å². The fourth-order valence-corrected chi connectivity index (χ4v) is 5.85. The lowest BCUT2D eigenvalue weighted by molar-refractivity contribution is 0.373. The molecule has 3 heterocycles. The molecule has 1 saturated heterocycles. The number of halogens is 3. The lowest BCUT2D eigenvalue weighted by Crippen LogP contribution is -2.36. The average Bonchev–Trinajstić information content (AvgIpc) is 3.37. The molecular formula is C22H27ClF2N4O3S. The Bertz CT molecular complexity index is 1300. The zero-order valence-corrected chi connectivity index (χ0v) is 20.1. The number of hydrogen-bond acceptors (Lipinski definition) is 6. The van der Waals surface area contributed by atoms with E-state index in [0.29, 0.717) is 41.4 Å². The van der Waals surface area contributed by atoms with Crippen molar-refractivity contribution in [1.82, 2.24) is 14.3 Å². The molecular weight excluding hydrogens is 474 g/mol. The summed E-state index contributed by atoms with van der Waals surface area (Å²) in [6.07, 6.45) is 2.70. The van der Waals surface area contributed by atoms with E-state index in [1.54, 1.807) is 0 Å². The van der Waals surface area contributed by atoms with Crippen molar-refractivity contribution < 1.29 is 13.5 Å². The summed E-state index contributed by atoms with van der Waals surface area (Å²) >= 11 is 1.13. The number of benzene rings is 1. The Morgan fingerprint density at radius 2 is 2.09 bits per heavy atom. The van der Waals surface area contributed by atoms with Crippen molar-refractivity contribution in [3.8, 4) is 5.75 Å². The molecule has 1 saturated carbocycles. The highest BCUT2D eigenvalue weighted by Crippen LogP contribution is 2.46. The van der Waals surface area contributed by atoms with Crippen LogP contribution < -0.4 is 25.9 Å². The van der Waals surface area contributed by atoms with E-state index in [4.69, 9.17) is 4.74 Å². The van der Waals surface area contributed by atoms with Crippen molar-refractivity contribution in [2.75, 3.05) is 38.3 Å². The van der Waals surface area contributed by atoms with Crippen LogP contribution in [-0.4, -0.2) is 48.4 Å². The molecule has 2 atom stereocenters. The summed E-state index contributed by atoms with van der Waals surface area (Å²) in [4.78, 5) is 28.0. The van der Waals surface area contributed by atoms with Gasteiger partial charge in [0.2, 0.25) is 5.43 Å². The molecule has 33 heavy (non-hydrogen) atoms. The molecule has 2 aromatic heterocycles. The largest absolute Gasteiger partial charge is 0.492 e. The normalized spacial score (nSPS) is 19.3.